The molecule has 132 valence electrons. The molecule has 0 radical (unpaired) electrons. The van der Waals surface area contributed by atoms with Crippen LogP contribution in [0.5, 0.6) is 0 Å². The van der Waals surface area contributed by atoms with Crippen molar-refractivity contribution in [3.8, 4) is 0 Å². The molecule has 24 heavy (non-hydrogen) atoms. The SMILES string of the molecule is CN=C(NCc1ccccc1N1CCOCC1)N1CCC(C)CC1. The van der Waals surface area contributed by atoms with E-state index in [9.17, 15) is 0 Å². The Morgan fingerprint density at radius 2 is 1.88 bits per heavy atom. The molecule has 1 aromatic rings. The van der Waals surface area contributed by atoms with E-state index in [1.54, 1.807) is 0 Å². The van der Waals surface area contributed by atoms with Gasteiger partial charge in [0.05, 0.1) is 13.2 Å². The minimum absolute atomic E-state index is 0.812. The molecule has 2 fully saturated rings. The van der Waals surface area contributed by atoms with Crippen LogP contribution in [0.2, 0.25) is 0 Å². The average molecular weight is 330 g/mol. The smallest absolute Gasteiger partial charge is 0.193 e. The molecule has 0 unspecified atom stereocenters. The van der Waals surface area contributed by atoms with Crippen molar-refractivity contribution in [2.45, 2.75) is 26.3 Å². The van der Waals surface area contributed by atoms with Gasteiger partial charge in [-0.3, -0.25) is 4.99 Å². The molecule has 0 spiro atoms. The van der Waals surface area contributed by atoms with Crippen LogP contribution in [0.3, 0.4) is 0 Å². The van der Waals surface area contributed by atoms with Gasteiger partial charge < -0.3 is 19.9 Å². The topological polar surface area (TPSA) is 40.1 Å². The molecule has 2 aliphatic rings. The summed E-state index contributed by atoms with van der Waals surface area (Å²) in [7, 11) is 1.88. The summed E-state index contributed by atoms with van der Waals surface area (Å²) in [6, 6.07) is 8.67. The number of nitrogens with one attached hydrogen (secondary N) is 1. The fourth-order valence-electron chi connectivity index (χ4n) is 3.50. The number of morpholine rings is 1. The summed E-state index contributed by atoms with van der Waals surface area (Å²) in [5.74, 6) is 1.86. The molecule has 0 saturated carbocycles. The number of likely N-dealkylation sites (tertiary alicyclic amines) is 1. The molecule has 1 aromatic carbocycles. The Hall–Kier alpha value is -1.75. The van der Waals surface area contributed by atoms with Gasteiger partial charge in [0.15, 0.2) is 5.96 Å². The quantitative estimate of drug-likeness (QED) is 0.682. The van der Waals surface area contributed by atoms with Gasteiger partial charge in [-0.05, 0) is 30.4 Å². The van der Waals surface area contributed by atoms with E-state index in [2.05, 4.69) is 51.3 Å². The van der Waals surface area contributed by atoms with E-state index in [4.69, 9.17) is 4.74 Å². The van der Waals surface area contributed by atoms with Crippen LogP contribution in [0.25, 0.3) is 0 Å². The lowest BCUT2D eigenvalue weighted by atomic mass is 9.99. The maximum Gasteiger partial charge on any atom is 0.193 e. The fraction of sp³-hybridized carbons (Fsp3) is 0.632. The first-order chi connectivity index (χ1) is 11.8. The molecule has 0 amide bonds. The molecular formula is C19H30N4O. The number of ether oxygens (including phenoxy) is 1. The highest BCUT2D eigenvalue weighted by atomic mass is 16.5. The van der Waals surface area contributed by atoms with Gasteiger partial charge in [0, 0.05) is 45.5 Å². The summed E-state index contributed by atoms with van der Waals surface area (Å²) in [4.78, 5) is 9.30. The first-order valence-corrected chi connectivity index (χ1v) is 9.14. The number of piperidine rings is 1. The Bertz CT molecular complexity index is 546. The third-order valence-corrected chi connectivity index (χ3v) is 5.08. The molecular weight excluding hydrogens is 300 g/mol. The molecule has 2 heterocycles. The van der Waals surface area contributed by atoms with Gasteiger partial charge in [0.2, 0.25) is 0 Å². The predicted octanol–water partition coefficient (Wildman–Crippen LogP) is 2.33. The van der Waals surface area contributed by atoms with Crippen LogP contribution in [0, 0.1) is 5.92 Å². The zero-order valence-corrected chi connectivity index (χ0v) is 15.0. The van der Waals surface area contributed by atoms with Gasteiger partial charge in [-0.1, -0.05) is 25.1 Å². The monoisotopic (exact) mass is 330 g/mol. The van der Waals surface area contributed by atoms with Crippen molar-refractivity contribution in [2.24, 2.45) is 10.9 Å². The van der Waals surface area contributed by atoms with Gasteiger partial charge in [-0.25, -0.2) is 0 Å². The average Bonchev–Trinajstić information content (AvgIpc) is 2.64. The summed E-state index contributed by atoms with van der Waals surface area (Å²) < 4.78 is 5.48. The van der Waals surface area contributed by atoms with E-state index < -0.39 is 0 Å². The normalized spacial score (nSPS) is 20.3. The van der Waals surface area contributed by atoms with Gasteiger partial charge in [0.1, 0.15) is 0 Å². The van der Waals surface area contributed by atoms with Crippen molar-refractivity contribution in [2.75, 3.05) is 51.3 Å². The summed E-state index contributed by atoms with van der Waals surface area (Å²) >= 11 is 0. The van der Waals surface area contributed by atoms with Crippen LogP contribution in [-0.2, 0) is 11.3 Å². The van der Waals surface area contributed by atoms with Crippen molar-refractivity contribution in [1.82, 2.24) is 10.2 Å². The van der Waals surface area contributed by atoms with E-state index in [0.29, 0.717) is 0 Å². The Morgan fingerprint density at radius 3 is 2.58 bits per heavy atom. The molecule has 2 saturated heterocycles. The van der Waals surface area contributed by atoms with E-state index in [0.717, 1.165) is 57.8 Å². The number of aliphatic imine (C=N–C) groups is 1. The number of anilines is 1. The maximum atomic E-state index is 5.48. The highest BCUT2D eigenvalue weighted by Gasteiger charge is 2.19. The van der Waals surface area contributed by atoms with Gasteiger partial charge in [0.25, 0.3) is 0 Å². The minimum Gasteiger partial charge on any atom is -0.378 e. The number of hydrogen-bond acceptors (Lipinski definition) is 3. The third kappa shape index (κ3) is 4.20. The van der Waals surface area contributed by atoms with Crippen molar-refractivity contribution in [3.05, 3.63) is 29.8 Å². The lowest BCUT2D eigenvalue weighted by molar-refractivity contribution is 0.122. The molecule has 0 aromatic heterocycles. The molecule has 3 rings (SSSR count). The zero-order valence-electron chi connectivity index (χ0n) is 15.0. The Kier molecular flexibility index (Phi) is 5.96. The zero-order chi connectivity index (χ0) is 16.8. The summed E-state index contributed by atoms with van der Waals surface area (Å²) in [5, 5.41) is 3.57. The van der Waals surface area contributed by atoms with Crippen LogP contribution < -0.4 is 10.2 Å². The largest absolute Gasteiger partial charge is 0.378 e. The highest BCUT2D eigenvalue weighted by Crippen LogP contribution is 2.22. The first kappa shape index (κ1) is 17.1. The van der Waals surface area contributed by atoms with E-state index in [-0.39, 0.29) is 0 Å². The lowest BCUT2D eigenvalue weighted by Gasteiger charge is -2.33. The molecule has 5 nitrogen and oxygen atoms in total. The molecule has 0 atom stereocenters. The predicted molar refractivity (Wildman–Crippen MR) is 99.6 cm³/mol. The number of nitrogens with zero attached hydrogens (tertiary/aromatic N) is 3. The van der Waals surface area contributed by atoms with Crippen LogP contribution >= 0.6 is 0 Å². The second-order valence-electron chi connectivity index (χ2n) is 6.80. The molecule has 5 heteroatoms. The van der Waals surface area contributed by atoms with E-state index >= 15 is 0 Å². The second-order valence-corrected chi connectivity index (χ2v) is 6.80. The number of hydrogen-bond donors (Lipinski definition) is 1. The molecule has 2 aliphatic heterocycles. The summed E-state index contributed by atoms with van der Waals surface area (Å²) in [5.41, 5.74) is 2.64. The van der Waals surface area contributed by atoms with E-state index in [1.165, 1.54) is 24.1 Å². The maximum absolute atomic E-state index is 5.48. The summed E-state index contributed by atoms with van der Waals surface area (Å²) in [6.45, 7) is 8.92. The van der Waals surface area contributed by atoms with Gasteiger partial charge in [-0.15, -0.1) is 0 Å². The first-order valence-electron chi connectivity index (χ1n) is 9.14. The number of benzene rings is 1. The van der Waals surface area contributed by atoms with Crippen LogP contribution in [-0.4, -0.2) is 57.3 Å². The van der Waals surface area contributed by atoms with Gasteiger partial charge in [-0.2, -0.15) is 0 Å². The second kappa shape index (κ2) is 8.38. The highest BCUT2D eigenvalue weighted by molar-refractivity contribution is 5.80. The number of para-hydroxylation sites is 1. The number of rotatable bonds is 3. The van der Waals surface area contributed by atoms with Crippen LogP contribution in [0.15, 0.2) is 29.3 Å². The van der Waals surface area contributed by atoms with E-state index in [1.807, 2.05) is 7.05 Å². The van der Waals surface area contributed by atoms with Crippen molar-refractivity contribution in [3.63, 3.8) is 0 Å². The van der Waals surface area contributed by atoms with Crippen LogP contribution in [0.1, 0.15) is 25.3 Å². The van der Waals surface area contributed by atoms with Gasteiger partial charge >= 0.3 is 0 Å². The molecule has 1 N–H and O–H groups in total. The Balaban J connectivity index is 1.63. The Morgan fingerprint density at radius 1 is 1.17 bits per heavy atom. The summed E-state index contributed by atoms with van der Waals surface area (Å²) in [6.07, 6.45) is 2.51. The molecule has 0 bridgehead atoms. The number of guanidine groups is 1. The minimum atomic E-state index is 0.812. The standard InChI is InChI=1S/C19H30N4O/c1-16-7-9-23(10-8-16)19(20-2)21-15-17-5-3-4-6-18(17)22-11-13-24-14-12-22/h3-6,16H,7-15H2,1-2H3,(H,20,21). The fourth-order valence-corrected chi connectivity index (χ4v) is 3.50. The van der Waals surface area contributed by atoms with Crippen LogP contribution in [0.4, 0.5) is 5.69 Å². The Labute approximate surface area is 145 Å². The van der Waals surface area contributed by atoms with Crippen molar-refractivity contribution >= 4 is 11.6 Å². The van der Waals surface area contributed by atoms with Crippen molar-refractivity contribution < 1.29 is 4.74 Å². The lowest BCUT2D eigenvalue weighted by Crippen LogP contribution is -2.45. The molecule has 0 aliphatic carbocycles. The van der Waals surface area contributed by atoms with Crippen molar-refractivity contribution in [1.29, 1.82) is 0 Å². The third-order valence-electron chi connectivity index (χ3n) is 5.08.